The van der Waals surface area contributed by atoms with Crippen LogP contribution in [0.4, 0.5) is 0 Å². The number of oxime groups is 1. The first-order valence-corrected chi connectivity index (χ1v) is 12.5. The average molecular weight is 518 g/mol. The molecule has 0 aliphatic heterocycles. The Morgan fingerprint density at radius 2 is 1.50 bits per heavy atom. The van der Waals surface area contributed by atoms with Crippen molar-refractivity contribution in [2.75, 3.05) is 13.2 Å². The number of hydrogen-bond donors (Lipinski definition) is 0. The SMILES string of the molecule is CC(C)(C)OC(=O)c1ccc(OCCON=Cc2ccc(C(C)(C)C)cc2)cc1OC(=O)c1ccccc1. The van der Waals surface area contributed by atoms with Crippen LogP contribution in [0.5, 0.6) is 11.5 Å². The van der Waals surface area contributed by atoms with Gasteiger partial charge in [-0.3, -0.25) is 0 Å². The molecule has 0 aliphatic rings. The van der Waals surface area contributed by atoms with Gasteiger partial charge in [-0.1, -0.05) is 68.4 Å². The second kappa shape index (κ2) is 12.4. The van der Waals surface area contributed by atoms with Crippen molar-refractivity contribution in [2.24, 2.45) is 5.16 Å². The fourth-order valence-electron chi connectivity index (χ4n) is 3.33. The van der Waals surface area contributed by atoms with Crippen molar-refractivity contribution in [1.29, 1.82) is 0 Å². The van der Waals surface area contributed by atoms with E-state index in [-0.39, 0.29) is 29.9 Å². The van der Waals surface area contributed by atoms with Crippen LogP contribution in [0.3, 0.4) is 0 Å². The van der Waals surface area contributed by atoms with Crippen LogP contribution in [0, 0.1) is 0 Å². The Bertz CT molecular complexity index is 1250. The van der Waals surface area contributed by atoms with Crippen molar-refractivity contribution in [3.8, 4) is 11.5 Å². The molecule has 0 saturated heterocycles. The quantitative estimate of drug-likeness (QED) is 0.105. The summed E-state index contributed by atoms with van der Waals surface area (Å²) in [6.07, 6.45) is 1.64. The zero-order chi connectivity index (χ0) is 27.8. The summed E-state index contributed by atoms with van der Waals surface area (Å²) in [6.45, 7) is 12.2. The van der Waals surface area contributed by atoms with Crippen LogP contribution < -0.4 is 9.47 Å². The van der Waals surface area contributed by atoms with E-state index in [0.717, 1.165) is 5.56 Å². The van der Waals surface area contributed by atoms with Gasteiger partial charge < -0.3 is 19.0 Å². The maximum atomic E-state index is 12.7. The fraction of sp³-hybridized carbons (Fsp3) is 0.323. The monoisotopic (exact) mass is 517 g/mol. The van der Waals surface area contributed by atoms with E-state index < -0.39 is 17.5 Å². The minimum absolute atomic E-state index is 0.0447. The molecule has 0 fully saturated rings. The number of rotatable bonds is 9. The summed E-state index contributed by atoms with van der Waals surface area (Å²) in [5.74, 6) is -0.754. The predicted octanol–water partition coefficient (Wildman–Crippen LogP) is 6.59. The van der Waals surface area contributed by atoms with Gasteiger partial charge in [0.25, 0.3) is 0 Å². The Morgan fingerprint density at radius 1 is 0.816 bits per heavy atom. The van der Waals surface area contributed by atoms with E-state index in [4.69, 9.17) is 19.0 Å². The van der Waals surface area contributed by atoms with Gasteiger partial charge in [0.2, 0.25) is 0 Å². The van der Waals surface area contributed by atoms with E-state index in [1.54, 1.807) is 63.4 Å². The van der Waals surface area contributed by atoms with Crippen molar-refractivity contribution < 1.29 is 28.6 Å². The zero-order valence-corrected chi connectivity index (χ0v) is 22.8. The Hall–Kier alpha value is -4.13. The third-order valence-electron chi connectivity index (χ3n) is 5.28. The normalized spacial score (nSPS) is 11.7. The van der Waals surface area contributed by atoms with Crippen LogP contribution in [-0.4, -0.2) is 37.0 Å². The standard InChI is InChI=1S/C31H35NO6/c1-30(2,3)24-14-12-22(13-15-24)21-32-36-19-18-35-25-16-17-26(29(34)38-31(4,5)6)27(20-25)37-28(33)23-10-8-7-9-11-23/h7-17,20-21H,18-19H2,1-6H3. The first-order valence-electron chi connectivity index (χ1n) is 12.5. The van der Waals surface area contributed by atoms with Gasteiger partial charge in [-0.25, -0.2) is 9.59 Å². The van der Waals surface area contributed by atoms with E-state index in [2.05, 4.69) is 38.1 Å². The molecule has 200 valence electrons. The molecule has 38 heavy (non-hydrogen) atoms. The molecule has 0 spiro atoms. The van der Waals surface area contributed by atoms with Crippen LogP contribution in [0.1, 0.15) is 73.4 Å². The lowest BCUT2D eigenvalue weighted by Gasteiger charge is -2.20. The Kier molecular flexibility index (Phi) is 9.29. The molecular formula is C31H35NO6. The molecule has 0 aromatic heterocycles. The minimum Gasteiger partial charge on any atom is -0.490 e. The Balaban J connectivity index is 1.62. The number of benzene rings is 3. The highest BCUT2D eigenvalue weighted by Crippen LogP contribution is 2.28. The zero-order valence-electron chi connectivity index (χ0n) is 22.8. The van der Waals surface area contributed by atoms with Crippen LogP contribution in [0.2, 0.25) is 0 Å². The molecular weight excluding hydrogens is 482 g/mol. The highest BCUT2D eigenvalue weighted by molar-refractivity contribution is 5.96. The van der Waals surface area contributed by atoms with E-state index in [9.17, 15) is 9.59 Å². The molecule has 0 N–H and O–H groups in total. The Morgan fingerprint density at radius 3 is 2.13 bits per heavy atom. The molecule has 7 heteroatoms. The van der Waals surface area contributed by atoms with Gasteiger partial charge in [-0.05, 0) is 61.6 Å². The summed E-state index contributed by atoms with van der Waals surface area (Å²) >= 11 is 0. The van der Waals surface area contributed by atoms with E-state index in [1.165, 1.54) is 17.7 Å². The summed E-state index contributed by atoms with van der Waals surface area (Å²) in [5, 5.41) is 3.99. The molecule has 3 aromatic rings. The average Bonchev–Trinajstić information content (AvgIpc) is 2.85. The molecule has 0 unspecified atom stereocenters. The fourth-order valence-corrected chi connectivity index (χ4v) is 3.33. The van der Waals surface area contributed by atoms with Crippen LogP contribution in [-0.2, 0) is 15.0 Å². The topological polar surface area (TPSA) is 83.4 Å². The molecule has 3 aromatic carbocycles. The van der Waals surface area contributed by atoms with E-state index in [0.29, 0.717) is 11.3 Å². The number of carbonyl (C=O) groups is 2. The molecule has 3 rings (SSSR count). The maximum Gasteiger partial charge on any atom is 0.343 e. The first kappa shape index (κ1) is 28.4. The number of hydrogen-bond acceptors (Lipinski definition) is 7. The van der Waals surface area contributed by atoms with Crippen molar-refractivity contribution in [1.82, 2.24) is 0 Å². The van der Waals surface area contributed by atoms with Gasteiger partial charge in [0.05, 0.1) is 11.8 Å². The molecule has 7 nitrogen and oxygen atoms in total. The van der Waals surface area contributed by atoms with Crippen LogP contribution >= 0.6 is 0 Å². The maximum absolute atomic E-state index is 12.7. The number of nitrogens with zero attached hydrogens (tertiary/aromatic N) is 1. The molecule has 0 aliphatic carbocycles. The molecule has 0 bridgehead atoms. The van der Waals surface area contributed by atoms with E-state index >= 15 is 0 Å². The molecule has 0 saturated carbocycles. The molecule has 0 amide bonds. The van der Waals surface area contributed by atoms with Gasteiger partial charge in [0.1, 0.15) is 29.3 Å². The number of esters is 2. The lowest BCUT2D eigenvalue weighted by Crippen LogP contribution is -2.24. The smallest absolute Gasteiger partial charge is 0.343 e. The van der Waals surface area contributed by atoms with Gasteiger partial charge in [0.15, 0.2) is 6.61 Å². The van der Waals surface area contributed by atoms with Crippen LogP contribution in [0.25, 0.3) is 0 Å². The molecule has 0 heterocycles. The van der Waals surface area contributed by atoms with Gasteiger partial charge >= 0.3 is 11.9 Å². The van der Waals surface area contributed by atoms with Crippen LogP contribution in [0.15, 0.2) is 78.0 Å². The minimum atomic E-state index is -0.709. The summed E-state index contributed by atoms with van der Waals surface area (Å²) in [6, 6.07) is 21.3. The number of ether oxygens (including phenoxy) is 3. The predicted molar refractivity (Wildman–Crippen MR) is 147 cm³/mol. The summed E-state index contributed by atoms with van der Waals surface area (Å²) in [7, 11) is 0. The molecule has 0 radical (unpaired) electrons. The second-order valence-electron chi connectivity index (χ2n) is 10.7. The lowest BCUT2D eigenvalue weighted by atomic mass is 9.87. The van der Waals surface area contributed by atoms with Gasteiger partial charge in [-0.15, -0.1) is 0 Å². The summed E-state index contributed by atoms with van der Waals surface area (Å²) in [4.78, 5) is 30.7. The summed E-state index contributed by atoms with van der Waals surface area (Å²) < 4.78 is 16.8. The lowest BCUT2D eigenvalue weighted by molar-refractivity contribution is 0.00667. The first-order chi connectivity index (χ1) is 17.9. The van der Waals surface area contributed by atoms with Crippen molar-refractivity contribution in [3.05, 3.63) is 95.1 Å². The highest BCUT2D eigenvalue weighted by Gasteiger charge is 2.23. The molecule has 0 atom stereocenters. The van der Waals surface area contributed by atoms with Crippen molar-refractivity contribution >= 4 is 18.2 Å². The van der Waals surface area contributed by atoms with Gasteiger partial charge in [-0.2, -0.15) is 0 Å². The third-order valence-corrected chi connectivity index (χ3v) is 5.28. The largest absolute Gasteiger partial charge is 0.490 e. The van der Waals surface area contributed by atoms with Crippen molar-refractivity contribution in [2.45, 2.75) is 52.6 Å². The highest BCUT2D eigenvalue weighted by atomic mass is 16.6. The van der Waals surface area contributed by atoms with Gasteiger partial charge in [0, 0.05) is 6.07 Å². The summed E-state index contributed by atoms with van der Waals surface area (Å²) in [5.41, 5.74) is 2.04. The van der Waals surface area contributed by atoms with Crippen molar-refractivity contribution in [3.63, 3.8) is 0 Å². The third kappa shape index (κ3) is 8.76. The number of carbonyl (C=O) groups excluding carboxylic acids is 2. The van der Waals surface area contributed by atoms with E-state index in [1.807, 2.05) is 12.1 Å². The second-order valence-corrected chi connectivity index (χ2v) is 10.7. The Labute approximate surface area is 224 Å².